The van der Waals surface area contributed by atoms with Crippen molar-refractivity contribution in [1.82, 2.24) is 5.10 Å². The molecule has 0 unspecified atom stereocenters. The SMILES string of the molecule is CC[n+]1nc(C)sc1/C=C/c1c(OC)cccc1OC. The van der Waals surface area contributed by atoms with E-state index in [1.807, 2.05) is 35.9 Å². The van der Waals surface area contributed by atoms with Crippen LogP contribution in [0.15, 0.2) is 18.2 Å². The first kappa shape index (κ1) is 14.5. The fraction of sp³-hybridized carbons (Fsp3) is 0.333. The lowest BCUT2D eigenvalue weighted by molar-refractivity contribution is -0.747. The van der Waals surface area contributed by atoms with Gasteiger partial charge in [-0.2, -0.15) is 0 Å². The molecule has 0 spiro atoms. The van der Waals surface area contributed by atoms with Gasteiger partial charge in [0, 0.05) is 11.2 Å². The third-order valence-electron chi connectivity index (χ3n) is 2.93. The van der Waals surface area contributed by atoms with E-state index in [0.29, 0.717) is 0 Å². The van der Waals surface area contributed by atoms with Crippen molar-refractivity contribution >= 4 is 23.5 Å². The fourth-order valence-corrected chi connectivity index (χ4v) is 2.84. The Hall–Kier alpha value is -1.88. The topological polar surface area (TPSA) is 35.2 Å². The molecule has 1 aromatic heterocycles. The second-order valence-electron chi connectivity index (χ2n) is 4.18. The van der Waals surface area contributed by atoms with Crippen LogP contribution >= 0.6 is 11.3 Å². The van der Waals surface area contributed by atoms with Gasteiger partial charge in [-0.25, -0.2) is 0 Å². The van der Waals surface area contributed by atoms with Gasteiger partial charge in [-0.1, -0.05) is 10.7 Å². The molecule has 5 heteroatoms. The summed E-state index contributed by atoms with van der Waals surface area (Å²) in [5, 5.41) is 6.61. The van der Waals surface area contributed by atoms with Crippen LogP contribution in [-0.4, -0.2) is 19.3 Å². The lowest BCUT2D eigenvalue weighted by atomic mass is 10.1. The molecule has 0 N–H and O–H groups in total. The molecule has 4 nitrogen and oxygen atoms in total. The number of benzene rings is 1. The van der Waals surface area contributed by atoms with Gasteiger partial charge in [-0.15, -0.1) is 0 Å². The molecule has 0 aliphatic heterocycles. The summed E-state index contributed by atoms with van der Waals surface area (Å²) in [4.78, 5) is 0. The fourth-order valence-electron chi connectivity index (χ4n) is 1.99. The smallest absolute Gasteiger partial charge is 0.289 e. The molecule has 1 aromatic carbocycles. The molecule has 2 rings (SSSR count). The predicted molar refractivity (Wildman–Crippen MR) is 81.2 cm³/mol. The van der Waals surface area contributed by atoms with Gasteiger partial charge in [0.25, 0.3) is 5.01 Å². The first-order valence-electron chi connectivity index (χ1n) is 6.46. The number of hydrogen-bond donors (Lipinski definition) is 0. The first-order valence-corrected chi connectivity index (χ1v) is 7.27. The lowest BCUT2D eigenvalue weighted by Gasteiger charge is -2.09. The van der Waals surface area contributed by atoms with Gasteiger partial charge in [-0.05, 0) is 43.4 Å². The van der Waals surface area contributed by atoms with E-state index >= 15 is 0 Å². The third kappa shape index (κ3) is 2.99. The average molecular weight is 291 g/mol. The summed E-state index contributed by atoms with van der Waals surface area (Å²) in [6.45, 7) is 4.95. The summed E-state index contributed by atoms with van der Waals surface area (Å²) < 4.78 is 12.8. The van der Waals surface area contributed by atoms with Crippen molar-refractivity contribution in [2.24, 2.45) is 0 Å². The van der Waals surface area contributed by atoms with Crippen molar-refractivity contribution in [3.05, 3.63) is 33.8 Å². The minimum absolute atomic E-state index is 0.796. The molecule has 0 radical (unpaired) electrons. The van der Waals surface area contributed by atoms with Gasteiger partial charge in [0.1, 0.15) is 11.5 Å². The monoisotopic (exact) mass is 291 g/mol. The van der Waals surface area contributed by atoms with E-state index in [4.69, 9.17) is 9.47 Å². The molecule has 0 aliphatic carbocycles. The molecule has 0 aliphatic rings. The highest BCUT2D eigenvalue weighted by Gasteiger charge is 2.14. The van der Waals surface area contributed by atoms with Crippen LogP contribution in [0.5, 0.6) is 11.5 Å². The Morgan fingerprint density at radius 3 is 2.40 bits per heavy atom. The minimum atomic E-state index is 0.796. The molecule has 1 heterocycles. The number of methoxy groups -OCH3 is 2. The molecule has 2 aromatic rings. The second kappa shape index (κ2) is 6.52. The average Bonchev–Trinajstić information content (AvgIpc) is 2.84. The maximum Gasteiger partial charge on any atom is 0.289 e. The van der Waals surface area contributed by atoms with Crippen LogP contribution in [0, 0.1) is 6.92 Å². The van der Waals surface area contributed by atoms with Gasteiger partial charge in [0.05, 0.1) is 19.8 Å². The number of hydrogen-bond acceptors (Lipinski definition) is 4. The Morgan fingerprint density at radius 2 is 1.85 bits per heavy atom. The first-order chi connectivity index (χ1) is 9.69. The summed E-state index contributed by atoms with van der Waals surface area (Å²) >= 11 is 1.67. The van der Waals surface area contributed by atoms with Crippen molar-refractivity contribution in [2.45, 2.75) is 20.4 Å². The normalized spacial score (nSPS) is 11.0. The molecular weight excluding hydrogens is 272 g/mol. The van der Waals surface area contributed by atoms with Crippen LogP contribution in [-0.2, 0) is 6.54 Å². The van der Waals surface area contributed by atoms with Crippen LogP contribution < -0.4 is 14.2 Å². The highest BCUT2D eigenvalue weighted by atomic mass is 32.1. The van der Waals surface area contributed by atoms with Crippen molar-refractivity contribution in [2.75, 3.05) is 14.2 Å². The Kier molecular flexibility index (Phi) is 4.74. The molecule has 106 valence electrons. The van der Waals surface area contributed by atoms with Gasteiger partial charge in [-0.3, -0.25) is 0 Å². The second-order valence-corrected chi connectivity index (χ2v) is 5.40. The van der Waals surface area contributed by atoms with Crippen LogP contribution in [0.1, 0.15) is 22.5 Å². The molecule has 0 atom stereocenters. The summed E-state index contributed by atoms with van der Waals surface area (Å²) in [6.07, 6.45) is 4.06. The van der Waals surface area contributed by atoms with Gasteiger partial charge in [0.15, 0.2) is 11.6 Å². The Bertz CT molecular complexity index is 598. The Morgan fingerprint density at radius 1 is 1.20 bits per heavy atom. The third-order valence-corrected chi connectivity index (χ3v) is 3.86. The Labute approximate surface area is 123 Å². The summed E-state index contributed by atoms with van der Waals surface area (Å²) in [5.74, 6) is 1.59. The number of ether oxygens (including phenoxy) is 2. The zero-order valence-electron chi connectivity index (χ0n) is 12.2. The van der Waals surface area contributed by atoms with E-state index in [9.17, 15) is 0 Å². The number of rotatable bonds is 5. The summed E-state index contributed by atoms with van der Waals surface area (Å²) in [5.41, 5.74) is 0.936. The standard InChI is InChI=1S/C15H19N2O2S/c1-5-17-15(20-11(2)16-17)10-9-12-13(18-3)7-6-8-14(12)19-4/h6-10H,5H2,1-4H3/q+1/b10-9+. The molecule has 0 bridgehead atoms. The maximum atomic E-state index is 5.39. The number of aryl methyl sites for hydroxylation is 2. The largest absolute Gasteiger partial charge is 0.496 e. The number of nitrogens with zero attached hydrogens (tertiary/aromatic N) is 2. The van der Waals surface area contributed by atoms with Crippen molar-refractivity contribution in [3.8, 4) is 11.5 Å². The van der Waals surface area contributed by atoms with Crippen molar-refractivity contribution < 1.29 is 14.2 Å². The van der Waals surface area contributed by atoms with E-state index in [2.05, 4.69) is 18.1 Å². The minimum Gasteiger partial charge on any atom is -0.496 e. The van der Waals surface area contributed by atoms with Crippen LogP contribution in [0.2, 0.25) is 0 Å². The van der Waals surface area contributed by atoms with Crippen molar-refractivity contribution in [3.63, 3.8) is 0 Å². The van der Waals surface area contributed by atoms with Gasteiger partial charge < -0.3 is 9.47 Å². The Balaban J connectivity index is 2.40. The lowest BCUT2D eigenvalue weighted by Crippen LogP contribution is -2.36. The summed E-state index contributed by atoms with van der Waals surface area (Å²) in [6, 6.07) is 5.76. The highest BCUT2D eigenvalue weighted by Crippen LogP contribution is 2.30. The van der Waals surface area contributed by atoms with Crippen LogP contribution in [0.25, 0.3) is 12.2 Å². The van der Waals surface area contributed by atoms with E-state index in [1.54, 1.807) is 25.6 Å². The zero-order chi connectivity index (χ0) is 14.5. The van der Waals surface area contributed by atoms with Gasteiger partial charge >= 0.3 is 0 Å². The van der Waals surface area contributed by atoms with Crippen LogP contribution in [0.4, 0.5) is 0 Å². The van der Waals surface area contributed by atoms with E-state index in [0.717, 1.165) is 33.6 Å². The van der Waals surface area contributed by atoms with Gasteiger partial charge in [0.2, 0.25) is 0 Å². The molecule has 0 fully saturated rings. The quantitative estimate of drug-likeness (QED) is 0.795. The predicted octanol–water partition coefficient (Wildman–Crippen LogP) is 2.95. The molecule has 20 heavy (non-hydrogen) atoms. The number of aromatic nitrogens is 2. The highest BCUT2D eigenvalue weighted by molar-refractivity contribution is 7.11. The van der Waals surface area contributed by atoms with Crippen LogP contribution in [0.3, 0.4) is 0 Å². The molecule has 0 amide bonds. The van der Waals surface area contributed by atoms with E-state index < -0.39 is 0 Å². The van der Waals surface area contributed by atoms with Crippen molar-refractivity contribution in [1.29, 1.82) is 0 Å². The zero-order valence-corrected chi connectivity index (χ0v) is 13.0. The van der Waals surface area contributed by atoms with E-state index in [-0.39, 0.29) is 0 Å². The summed E-state index contributed by atoms with van der Waals surface area (Å²) in [7, 11) is 3.32. The maximum absolute atomic E-state index is 5.39. The molecule has 0 saturated heterocycles. The molecular formula is C15H19N2O2S+. The molecule has 0 saturated carbocycles. The van der Waals surface area contributed by atoms with E-state index in [1.165, 1.54) is 0 Å².